The Kier molecular flexibility index (Phi) is 4.17. The van der Waals surface area contributed by atoms with E-state index in [0.717, 1.165) is 0 Å². The molecule has 18 heavy (non-hydrogen) atoms. The maximum Gasteiger partial charge on any atom is 0.364 e. The summed E-state index contributed by atoms with van der Waals surface area (Å²) in [7, 11) is 0. The van der Waals surface area contributed by atoms with Gasteiger partial charge in [0.1, 0.15) is 12.7 Å². The smallest absolute Gasteiger partial charge is 0.364 e. The Morgan fingerprint density at radius 1 is 1.44 bits per heavy atom. The summed E-state index contributed by atoms with van der Waals surface area (Å²) in [6, 6.07) is 8.19. The van der Waals surface area contributed by atoms with E-state index < -0.39 is 11.6 Å². The van der Waals surface area contributed by atoms with E-state index in [1.54, 1.807) is 0 Å². The van der Waals surface area contributed by atoms with Gasteiger partial charge in [-0.05, 0) is 12.1 Å². The molecule has 0 heterocycles. The summed E-state index contributed by atoms with van der Waals surface area (Å²) in [5, 5.41) is 17.4. The zero-order valence-corrected chi connectivity index (χ0v) is 9.39. The number of hydrogen-bond acceptors (Lipinski definition) is 4. The van der Waals surface area contributed by atoms with Crippen molar-refractivity contribution in [2.75, 3.05) is 6.61 Å². The van der Waals surface area contributed by atoms with Crippen LogP contribution in [0, 0.1) is 22.7 Å². The maximum atomic E-state index is 14.3. The van der Waals surface area contributed by atoms with E-state index in [4.69, 9.17) is 10.5 Å². The molecule has 0 bridgehead atoms. The number of nitrogens with zero attached hydrogens (tertiary/aromatic N) is 2. The molecule has 1 rings (SSSR count). The summed E-state index contributed by atoms with van der Waals surface area (Å²) in [4.78, 5) is 11.5. The summed E-state index contributed by atoms with van der Waals surface area (Å²) in [6.07, 6.45) is 1.27. The van der Waals surface area contributed by atoms with E-state index in [9.17, 15) is 9.18 Å². The number of benzene rings is 1. The van der Waals surface area contributed by atoms with Crippen LogP contribution in [0.2, 0.25) is 0 Å². The average molecular weight is 244 g/mol. The zero-order valence-electron chi connectivity index (χ0n) is 9.39. The highest BCUT2D eigenvalue weighted by atomic mass is 19.1. The van der Waals surface area contributed by atoms with Crippen molar-refractivity contribution in [1.82, 2.24) is 0 Å². The molecule has 0 spiro atoms. The number of esters is 1. The Morgan fingerprint density at radius 2 is 2.06 bits per heavy atom. The van der Waals surface area contributed by atoms with Gasteiger partial charge < -0.3 is 4.74 Å². The van der Waals surface area contributed by atoms with Gasteiger partial charge in [-0.1, -0.05) is 24.8 Å². The van der Waals surface area contributed by atoms with Crippen molar-refractivity contribution in [3.05, 3.63) is 48.0 Å². The van der Waals surface area contributed by atoms with Gasteiger partial charge in [-0.2, -0.15) is 10.5 Å². The Hall–Kier alpha value is -2.66. The first kappa shape index (κ1) is 13.4. The monoisotopic (exact) mass is 244 g/mol. The topological polar surface area (TPSA) is 73.9 Å². The van der Waals surface area contributed by atoms with Crippen LogP contribution in [0.5, 0.6) is 0 Å². The number of ether oxygens (including phenoxy) is 1. The number of halogens is 1. The number of rotatable bonds is 4. The van der Waals surface area contributed by atoms with Crippen molar-refractivity contribution in [1.29, 1.82) is 10.5 Å². The van der Waals surface area contributed by atoms with Crippen LogP contribution in [-0.4, -0.2) is 12.6 Å². The molecule has 4 nitrogen and oxygen atoms in total. The molecule has 0 fully saturated rings. The van der Waals surface area contributed by atoms with E-state index >= 15 is 0 Å². The van der Waals surface area contributed by atoms with Gasteiger partial charge in [0, 0.05) is 5.56 Å². The third kappa shape index (κ3) is 2.53. The lowest BCUT2D eigenvalue weighted by Crippen LogP contribution is -2.31. The Labute approximate surface area is 104 Å². The normalized spacial score (nSPS) is 12.6. The van der Waals surface area contributed by atoms with Crippen LogP contribution in [0.1, 0.15) is 11.1 Å². The zero-order chi connectivity index (χ0) is 13.6. The van der Waals surface area contributed by atoms with E-state index in [1.165, 1.54) is 36.4 Å². The van der Waals surface area contributed by atoms with Crippen LogP contribution in [-0.2, 0) is 15.2 Å². The molecule has 0 amide bonds. The van der Waals surface area contributed by atoms with Gasteiger partial charge in [-0.25, -0.2) is 9.18 Å². The highest BCUT2D eigenvalue weighted by molar-refractivity contribution is 5.84. The second kappa shape index (κ2) is 5.60. The standard InChI is InChI=1S/C13H9FN2O2/c1-2-7-18-12(17)13(14,9-16)11-5-3-10(8-15)4-6-11/h2-6H,1,7H2. The van der Waals surface area contributed by atoms with Gasteiger partial charge in [0.2, 0.25) is 0 Å². The van der Waals surface area contributed by atoms with Crippen molar-refractivity contribution in [2.24, 2.45) is 0 Å². The molecule has 0 radical (unpaired) electrons. The Bertz CT molecular complexity index is 540. The molecular weight excluding hydrogens is 235 g/mol. The average Bonchev–Trinajstić information content (AvgIpc) is 2.43. The molecule has 0 saturated carbocycles. The summed E-state index contributed by atoms with van der Waals surface area (Å²) >= 11 is 0. The highest BCUT2D eigenvalue weighted by Crippen LogP contribution is 2.27. The molecular formula is C13H9FN2O2. The fourth-order valence-corrected chi connectivity index (χ4v) is 1.24. The fraction of sp³-hybridized carbons (Fsp3) is 0.154. The summed E-state index contributed by atoms with van der Waals surface area (Å²) < 4.78 is 18.8. The molecule has 90 valence electrons. The van der Waals surface area contributed by atoms with Crippen LogP contribution in [0.3, 0.4) is 0 Å². The summed E-state index contributed by atoms with van der Waals surface area (Å²) in [5.41, 5.74) is -2.74. The van der Waals surface area contributed by atoms with Gasteiger partial charge >= 0.3 is 11.6 Å². The summed E-state index contributed by atoms with van der Waals surface area (Å²) in [6.45, 7) is 3.14. The van der Waals surface area contributed by atoms with Crippen LogP contribution in [0.15, 0.2) is 36.9 Å². The Balaban J connectivity index is 3.07. The predicted molar refractivity (Wildman–Crippen MR) is 60.7 cm³/mol. The van der Waals surface area contributed by atoms with Gasteiger partial charge in [0.15, 0.2) is 0 Å². The lowest BCUT2D eigenvalue weighted by molar-refractivity contribution is -0.153. The van der Waals surface area contributed by atoms with E-state index in [1.807, 2.05) is 6.07 Å². The number of carbonyl (C=O) groups excluding carboxylic acids is 1. The summed E-state index contributed by atoms with van der Waals surface area (Å²) in [5.74, 6) is -1.30. The molecule has 0 aliphatic carbocycles. The van der Waals surface area contributed by atoms with Crippen molar-refractivity contribution in [3.63, 3.8) is 0 Å². The third-order valence-electron chi connectivity index (χ3n) is 2.18. The van der Waals surface area contributed by atoms with Gasteiger partial charge in [-0.3, -0.25) is 0 Å². The fourth-order valence-electron chi connectivity index (χ4n) is 1.24. The van der Waals surface area contributed by atoms with Crippen LogP contribution in [0.4, 0.5) is 4.39 Å². The molecule has 0 aromatic heterocycles. The first-order chi connectivity index (χ1) is 8.58. The number of alkyl halides is 1. The number of carbonyl (C=O) groups is 1. The second-order valence-electron chi connectivity index (χ2n) is 3.35. The van der Waals surface area contributed by atoms with Crippen molar-refractivity contribution < 1.29 is 13.9 Å². The van der Waals surface area contributed by atoms with Crippen molar-refractivity contribution >= 4 is 5.97 Å². The predicted octanol–water partition coefficient (Wildman–Crippen LogP) is 1.98. The molecule has 0 aliphatic heterocycles. The molecule has 1 aromatic carbocycles. The number of nitriles is 2. The van der Waals surface area contributed by atoms with Crippen LogP contribution in [0.25, 0.3) is 0 Å². The van der Waals surface area contributed by atoms with E-state index in [-0.39, 0.29) is 12.2 Å². The van der Waals surface area contributed by atoms with Gasteiger partial charge in [-0.15, -0.1) is 0 Å². The molecule has 0 saturated heterocycles. The van der Waals surface area contributed by atoms with E-state index in [2.05, 4.69) is 11.3 Å². The van der Waals surface area contributed by atoms with E-state index in [0.29, 0.717) is 5.56 Å². The third-order valence-corrected chi connectivity index (χ3v) is 2.18. The SMILES string of the molecule is C=CCOC(=O)C(F)(C#N)c1ccc(C#N)cc1. The first-order valence-corrected chi connectivity index (χ1v) is 4.97. The van der Waals surface area contributed by atoms with Crippen LogP contribution >= 0.6 is 0 Å². The number of hydrogen-bond donors (Lipinski definition) is 0. The lowest BCUT2D eigenvalue weighted by Gasteiger charge is -2.15. The minimum absolute atomic E-state index is 0.168. The minimum atomic E-state index is -2.88. The molecule has 1 unspecified atom stereocenters. The minimum Gasteiger partial charge on any atom is -0.458 e. The van der Waals surface area contributed by atoms with Gasteiger partial charge in [0.05, 0.1) is 11.6 Å². The molecule has 1 atom stereocenters. The Morgan fingerprint density at radius 3 is 2.50 bits per heavy atom. The first-order valence-electron chi connectivity index (χ1n) is 4.97. The molecule has 0 aliphatic rings. The maximum absolute atomic E-state index is 14.3. The molecule has 0 N–H and O–H groups in total. The van der Waals surface area contributed by atoms with Crippen molar-refractivity contribution in [2.45, 2.75) is 5.67 Å². The second-order valence-corrected chi connectivity index (χ2v) is 3.35. The molecule has 1 aromatic rings. The van der Waals surface area contributed by atoms with Crippen molar-refractivity contribution in [3.8, 4) is 12.1 Å². The van der Waals surface area contributed by atoms with Crippen LogP contribution < -0.4 is 0 Å². The quantitative estimate of drug-likeness (QED) is 0.599. The lowest BCUT2D eigenvalue weighted by atomic mass is 9.96. The largest absolute Gasteiger partial charge is 0.458 e. The van der Waals surface area contributed by atoms with Gasteiger partial charge in [0.25, 0.3) is 0 Å². The highest BCUT2D eigenvalue weighted by Gasteiger charge is 2.42. The molecule has 5 heteroatoms.